The Morgan fingerprint density at radius 2 is 1.27 bits per heavy atom. The van der Waals surface area contributed by atoms with Crippen LogP contribution in [0.25, 0.3) is 0 Å². The van der Waals surface area contributed by atoms with E-state index in [1.807, 2.05) is 0 Å². The molecule has 0 aliphatic rings. The van der Waals surface area contributed by atoms with Crippen molar-refractivity contribution in [1.82, 2.24) is 0 Å². The molecule has 154 valence electrons. The van der Waals surface area contributed by atoms with Crippen LogP contribution in [0.5, 0.6) is 0 Å². The lowest BCUT2D eigenvalue weighted by Gasteiger charge is -2.08. The second-order valence-corrected chi connectivity index (χ2v) is 6.93. The molecule has 0 amide bonds. The second-order valence-electron chi connectivity index (χ2n) is 6.93. The summed E-state index contributed by atoms with van der Waals surface area (Å²) in [7, 11) is 0. The van der Waals surface area contributed by atoms with Crippen LogP contribution in [0.1, 0.15) is 89.9 Å². The van der Waals surface area contributed by atoms with E-state index in [-0.39, 0.29) is 19.2 Å². The van der Waals surface area contributed by atoms with Crippen LogP contribution in [0.3, 0.4) is 0 Å². The van der Waals surface area contributed by atoms with E-state index in [0.717, 1.165) is 38.5 Å². The maximum Gasteiger partial charge on any atom is 0.305 e. The third-order valence-electron chi connectivity index (χ3n) is 4.34. The molecular weight excluding hydrogens is 332 g/mol. The summed E-state index contributed by atoms with van der Waals surface area (Å²) < 4.78 is 4.85. The van der Waals surface area contributed by atoms with Crippen LogP contribution in [0.4, 0.5) is 0 Å². The highest BCUT2D eigenvalue weighted by Crippen LogP contribution is 2.10. The molecule has 1 unspecified atom stereocenters. The summed E-state index contributed by atoms with van der Waals surface area (Å²) in [6.07, 6.45) is 18.9. The first kappa shape index (κ1) is 25.1. The number of rotatable bonds is 19. The van der Waals surface area contributed by atoms with Crippen molar-refractivity contribution in [2.75, 3.05) is 19.8 Å². The average Bonchev–Trinajstić information content (AvgIpc) is 2.65. The average molecular weight is 373 g/mol. The van der Waals surface area contributed by atoms with Gasteiger partial charge < -0.3 is 20.1 Å². The van der Waals surface area contributed by atoms with Gasteiger partial charge in [0.15, 0.2) is 0 Å². The molecule has 0 saturated heterocycles. The summed E-state index contributed by atoms with van der Waals surface area (Å²) in [5.74, 6) is -0.297. The summed E-state index contributed by atoms with van der Waals surface area (Å²) >= 11 is 0. The van der Waals surface area contributed by atoms with Crippen molar-refractivity contribution < 1.29 is 24.9 Å². The zero-order valence-corrected chi connectivity index (χ0v) is 16.4. The Morgan fingerprint density at radius 1 is 0.769 bits per heavy atom. The molecule has 3 N–H and O–H groups in total. The zero-order chi connectivity index (χ0) is 19.3. The second kappa shape index (κ2) is 20.4. The summed E-state index contributed by atoms with van der Waals surface area (Å²) in [5.41, 5.74) is 0. The van der Waals surface area contributed by atoms with Crippen LogP contribution >= 0.6 is 0 Å². The number of carbonyl (C=O) groups excluding carboxylic acids is 1. The first-order valence-corrected chi connectivity index (χ1v) is 10.4. The van der Waals surface area contributed by atoms with E-state index in [9.17, 15) is 4.79 Å². The van der Waals surface area contributed by atoms with E-state index < -0.39 is 6.10 Å². The Balaban J connectivity index is 3.22. The molecule has 0 heterocycles. The van der Waals surface area contributed by atoms with E-state index in [2.05, 4.69) is 12.2 Å². The first-order chi connectivity index (χ1) is 12.7. The Labute approximate surface area is 159 Å². The topological polar surface area (TPSA) is 87.0 Å². The van der Waals surface area contributed by atoms with Crippen molar-refractivity contribution in [3.8, 4) is 0 Å². The molecule has 26 heavy (non-hydrogen) atoms. The van der Waals surface area contributed by atoms with Gasteiger partial charge in [-0.1, -0.05) is 57.1 Å². The molecule has 0 rings (SSSR count). The summed E-state index contributed by atoms with van der Waals surface area (Å²) in [5, 5.41) is 26.4. The maximum atomic E-state index is 11.4. The lowest BCUT2D eigenvalue weighted by Crippen LogP contribution is -2.21. The first-order valence-electron chi connectivity index (χ1n) is 10.4. The summed E-state index contributed by atoms with van der Waals surface area (Å²) in [6.45, 7) is -0.176. The molecule has 0 aliphatic carbocycles. The van der Waals surface area contributed by atoms with Gasteiger partial charge in [0, 0.05) is 13.0 Å². The largest absolute Gasteiger partial charge is 0.463 e. The van der Waals surface area contributed by atoms with Gasteiger partial charge in [-0.25, -0.2) is 0 Å². The van der Waals surface area contributed by atoms with Gasteiger partial charge >= 0.3 is 5.97 Å². The molecule has 0 spiro atoms. The van der Waals surface area contributed by atoms with Gasteiger partial charge in [0.2, 0.25) is 0 Å². The van der Waals surface area contributed by atoms with Crippen LogP contribution in [0, 0.1) is 0 Å². The van der Waals surface area contributed by atoms with Crippen LogP contribution in [-0.4, -0.2) is 47.2 Å². The van der Waals surface area contributed by atoms with Crippen LogP contribution < -0.4 is 0 Å². The molecule has 5 nitrogen and oxygen atoms in total. The van der Waals surface area contributed by atoms with Gasteiger partial charge in [-0.05, 0) is 38.5 Å². The quantitative estimate of drug-likeness (QED) is 0.182. The van der Waals surface area contributed by atoms with Crippen molar-refractivity contribution in [2.45, 2.75) is 96.0 Å². The third kappa shape index (κ3) is 19.4. The molecule has 0 aromatic carbocycles. The number of esters is 1. The highest BCUT2D eigenvalue weighted by atomic mass is 16.5. The Bertz CT molecular complexity index is 330. The monoisotopic (exact) mass is 372 g/mol. The molecule has 0 bridgehead atoms. The van der Waals surface area contributed by atoms with Crippen molar-refractivity contribution in [1.29, 1.82) is 0 Å². The summed E-state index contributed by atoms with van der Waals surface area (Å²) in [4.78, 5) is 11.4. The fourth-order valence-electron chi connectivity index (χ4n) is 2.69. The Kier molecular flexibility index (Phi) is 19.7. The Morgan fingerprint density at radius 3 is 1.81 bits per heavy atom. The van der Waals surface area contributed by atoms with Gasteiger partial charge in [0.1, 0.15) is 12.7 Å². The molecule has 1 atom stereocenters. The molecule has 0 aromatic heterocycles. The minimum Gasteiger partial charge on any atom is -0.463 e. The van der Waals surface area contributed by atoms with Gasteiger partial charge in [-0.2, -0.15) is 0 Å². The number of unbranched alkanes of at least 4 members (excludes halogenated alkanes) is 11. The van der Waals surface area contributed by atoms with Crippen LogP contribution in [0.15, 0.2) is 12.2 Å². The molecule has 0 aromatic rings. The number of allylic oxidation sites excluding steroid dienone is 2. The smallest absolute Gasteiger partial charge is 0.305 e. The van der Waals surface area contributed by atoms with E-state index in [0.29, 0.717) is 13.0 Å². The van der Waals surface area contributed by atoms with Crippen molar-refractivity contribution in [3.05, 3.63) is 12.2 Å². The van der Waals surface area contributed by atoms with Crippen LogP contribution in [0.2, 0.25) is 0 Å². The van der Waals surface area contributed by atoms with Gasteiger partial charge in [0.25, 0.3) is 0 Å². The van der Waals surface area contributed by atoms with Crippen molar-refractivity contribution in [2.24, 2.45) is 0 Å². The number of hydrogen-bond acceptors (Lipinski definition) is 5. The van der Waals surface area contributed by atoms with Gasteiger partial charge in [0.05, 0.1) is 6.61 Å². The maximum absolute atomic E-state index is 11.4. The number of hydrogen-bond donors (Lipinski definition) is 3. The fourth-order valence-corrected chi connectivity index (χ4v) is 2.69. The zero-order valence-electron chi connectivity index (χ0n) is 16.4. The van der Waals surface area contributed by atoms with Gasteiger partial charge in [-0.15, -0.1) is 0 Å². The number of aliphatic hydroxyl groups is 3. The number of carbonyl (C=O) groups is 1. The third-order valence-corrected chi connectivity index (χ3v) is 4.34. The molecule has 5 heteroatoms. The molecular formula is C21H40O5. The predicted octanol–water partition coefficient (Wildman–Crippen LogP) is 3.89. The number of aliphatic hydroxyl groups excluding tert-OH is 3. The SMILES string of the molecule is O=C(CCCCCCCC=CCCCCCCCCO)OCC(O)CO. The highest BCUT2D eigenvalue weighted by molar-refractivity contribution is 5.69. The molecule has 0 radical (unpaired) electrons. The molecule has 0 aliphatic heterocycles. The van der Waals surface area contributed by atoms with E-state index >= 15 is 0 Å². The van der Waals surface area contributed by atoms with Crippen molar-refractivity contribution in [3.63, 3.8) is 0 Å². The van der Waals surface area contributed by atoms with Gasteiger partial charge in [-0.3, -0.25) is 4.79 Å². The lowest BCUT2D eigenvalue weighted by atomic mass is 10.1. The Hall–Kier alpha value is -0.910. The predicted molar refractivity (Wildman–Crippen MR) is 105 cm³/mol. The molecule has 0 saturated carbocycles. The van der Waals surface area contributed by atoms with E-state index in [4.69, 9.17) is 20.1 Å². The minimum atomic E-state index is -0.969. The normalized spacial score (nSPS) is 12.6. The summed E-state index contributed by atoms with van der Waals surface area (Å²) in [6, 6.07) is 0. The molecule has 0 fully saturated rings. The number of ether oxygens (including phenoxy) is 1. The lowest BCUT2D eigenvalue weighted by molar-refractivity contribution is -0.147. The minimum absolute atomic E-state index is 0.120. The highest BCUT2D eigenvalue weighted by Gasteiger charge is 2.07. The van der Waals surface area contributed by atoms with Crippen LogP contribution in [-0.2, 0) is 9.53 Å². The van der Waals surface area contributed by atoms with Crippen molar-refractivity contribution >= 4 is 5.97 Å². The van der Waals surface area contributed by atoms with E-state index in [1.165, 1.54) is 44.9 Å². The fraction of sp³-hybridized carbons (Fsp3) is 0.857. The standard InChI is InChI=1S/C21H40O5/c22-17-15-13-11-9-7-5-3-1-2-4-6-8-10-12-14-16-21(25)26-19-20(24)18-23/h1-2,20,22-24H,3-19H2. The van der Waals surface area contributed by atoms with E-state index in [1.54, 1.807) is 0 Å².